The standard InChI is InChI=1S/C23H24N4O2S/c1-30-21-9-7-20(8-10-21)27-16-19(13-22(27)28)23(29)24-14-17-5-2-3-6-18(17)15-26-12-4-11-25-26/h2-12,19H,13-16H2,1H3,(H,24,29). The van der Waals surface area contributed by atoms with Gasteiger partial charge in [0.25, 0.3) is 0 Å². The molecule has 1 saturated heterocycles. The van der Waals surface area contributed by atoms with E-state index in [0.29, 0.717) is 19.6 Å². The van der Waals surface area contributed by atoms with Crippen LogP contribution >= 0.6 is 11.8 Å². The summed E-state index contributed by atoms with van der Waals surface area (Å²) in [5.74, 6) is -0.428. The molecule has 30 heavy (non-hydrogen) atoms. The van der Waals surface area contributed by atoms with Gasteiger partial charge in [-0.15, -0.1) is 11.8 Å². The predicted octanol–water partition coefficient (Wildman–Crippen LogP) is 3.32. The third-order valence-electron chi connectivity index (χ3n) is 5.34. The summed E-state index contributed by atoms with van der Waals surface area (Å²) < 4.78 is 1.86. The Morgan fingerprint density at radius 2 is 1.90 bits per heavy atom. The lowest BCUT2D eigenvalue weighted by Crippen LogP contribution is -2.32. The molecular weight excluding hydrogens is 396 g/mol. The number of thioether (sulfide) groups is 1. The Kier molecular flexibility index (Phi) is 6.18. The van der Waals surface area contributed by atoms with Gasteiger partial charge in [-0.2, -0.15) is 5.10 Å². The summed E-state index contributed by atoms with van der Waals surface area (Å²) >= 11 is 1.66. The molecule has 1 aliphatic rings. The van der Waals surface area contributed by atoms with Crippen LogP contribution in [-0.2, 0) is 22.7 Å². The molecule has 3 aromatic rings. The van der Waals surface area contributed by atoms with Gasteiger partial charge >= 0.3 is 0 Å². The minimum Gasteiger partial charge on any atom is -0.352 e. The summed E-state index contributed by atoms with van der Waals surface area (Å²) in [5.41, 5.74) is 3.01. The number of carbonyl (C=O) groups is 2. The van der Waals surface area contributed by atoms with Crippen molar-refractivity contribution in [1.82, 2.24) is 15.1 Å². The Hall–Kier alpha value is -3.06. The number of benzene rings is 2. The highest BCUT2D eigenvalue weighted by molar-refractivity contribution is 7.98. The Morgan fingerprint density at radius 3 is 2.60 bits per heavy atom. The van der Waals surface area contributed by atoms with Crippen LogP contribution in [0.25, 0.3) is 0 Å². The van der Waals surface area contributed by atoms with Crippen LogP contribution in [0.4, 0.5) is 5.69 Å². The van der Waals surface area contributed by atoms with Crippen LogP contribution < -0.4 is 10.2 Å². The Bertz CT molecular complexity index is 1020. The molecule has 4 rings (SSSR count). The van der Waals surface area contributed by atoms with Gasteiger partial charge in [0.15, 0.2) is 0 Å². The molecule has 0 spiro atoms. The van der Waals surface area contributed by atoms with E-state index in [1.54, 1.807) is 22.9 Å². The van der Waals surface area contributed by atoms with Gasteiger partial charge in [0.2, 0.25) is 11.8 Å². The maximum absolute atomic E-state index is 12.8. The number of nitrogens with zero attached hydrogens (tertiary/aromatic N) is 3. The molecule has 1 N–H and O–H groups in total. The molecule has 2 heterocycles. The lowest BCUT2D eigenvalue weighted by molar-refractivity contribution is -0.126. The van der Waals surface area contributed by atoms with E-state index in [9.17, 15) is 9.59 Å². The number of anilines is 1. The molecule has 0 aliphatic carbocycles. The lowest BCUT2D eigenvalue weighted by atomic mass is 10.1. The lowest BCUT2D eigenvalue weighted by Gasteiger charge is -2.17. The molecule has 0 saturated carbocycles. The van der Waals surface area contributed by atoms with Crippen LogP contribution in [0.1, 0.15) is 17.5 Å². The normalized spacial score (nSPS) is 16.1. The summed E-state index contributed by atoms with van der Waals surface area (Å²) in [6.07, 6.45) is 5.93. The topological polar surface area (TPSA) is 67.2 Å². The Morgan fingerprint density at radius 1 is 1.13 bits per heavy atom. The fourth-order valence-electron chi connectivity index (χ4n) is 3.67. The molecular formula is C23H24N4O2S. The molecule has 0 radical (unpaired) electrons. The summed E-state index contributed by atoms with van der Waals surface area (Å²) in [4.78, 5) is 28.1. The molecule has 7 heteroatoms. The maximum Gasteiger partial charge on any atom is 0.227 e. The van der Waals surface area contributed by atoms with Gasteiger partial charge in [-0.1, -0.05) is 24.3 Å². The fraction of sp³-hybridized carbons (Fsp3) is 0.261. The second-order valence-electron chi connectivity index (χ2n) is 7.29. The van der Waals surface area contributed by atoms with Gasteiger partial charge in [0.1, 0.15) is 0 Å². The average molecular weight is 421 g/mol. The maximum atomic E-state index is 12.8. The highest BCUT2D eigenvalue weighted by Gasteiger charge is 2.35. The molecule has 1 aliphatic heterocycles. The van der Waals surface area contributed by atoms with Crippen molar-refractivity contribution >= 4 is 29.3 Å². The highest BCUT2D eigenvalue weighted by Crippen LogP contribution is 2.27. The van der Waals surface area contributed by atoms with E-state index < -0.39 is 0 Å². The molecule has 2 amide bonds. The van der Waals surface area contributed by atoms with Crippen LogP contribution in [0.15, 0.2) is 71.9 Å². The van der Waals surface area contributed by atoms with Crippen molar-refractivity contribution in [3.05, 3.63) is 78.1 Å². The van der Waals surface area contributed by atoms with Gasteiger partial charge in [-0.25, -0.2) is 0 Å². The first-order chi connectivity index (χ1) is 14.6. The quantitative estimate of drug-likeness (QED) is 0.596. The first kappa shape index (κ1) is 20.2. The molecule has 154 valence electrons. The van der Waals surface area contributed by atoms with Crippen molar-refractivity contribution in [3.8, 4) is 0 Å². The second-order valence-corrected chi connectivity index (χ2v) is 8.17. The van der Waals surface area contributed by atoms with Crippen molar-refractivity contribution in [3.63, 3.8) is 0 Å². The van der Waals surface area contributed by atoms with E-state index in [-0.39, 0.29) is 24.2 Å². The van der Waals surface area contributed by atoms with Crippen molar-refractivity contribution in [1.29, 1.82) is 0 Å². The monoisotopic (exact) mass is 420 g/mol. The predicted molar refractivity (Wildman–Crippen MR) is 118 cm³/mol. The van der Waals surface area contributed by atoms with Crippen LogP contribution in [0, 0.1) is 5.92 Å². The first-order valence-corrected chi connectivity index (χ1v) is 11.1. The number of carbonyl (C=O) groups excluding carboxylic acids is 2. The van der Waals surface area contributed by atoms with Crippen molar-refractivity contribution in [2.45, 2.75) is 24.4 Å². The van der Waals surface area contributed by atoms with E-state index in [2.05, 4.69) is 10.4 Å². The fourth-order valence-corrected chi connectivity index (χ4v) is 4.08. The van der Waals surface area contributed by atoms with Crippen LogP contribution in [-0.4, -0.2) is 34.4 Å². The third kappa shape index (κ3) is 4.57. The van der Waals surface area contributed by atoms with Crippen molar-refractivity contribution in [2.24, 2.45) is 5.92 Å². The molecule has 6 nitrogen and oxygen atoms in total. The van der Waals surface area contributed by atoms with Gasteiger partial charge in [0, 0.05) is 42.5 Å². The zero-order valence-electron chi connectivity index (χ0n) is 16.8. The molecule has 1 fully saturated rings. The molecule has 1 atom stereocenters. The summed E-state index contributed by atoms with van der Waals surface area (Å²) in [5, 5.41) is 7.27. The molecule has 0 bridgehead atoms. The van der Waals surface area contributed by atoms with Gasteiger partial charge in [0.05, 0.1) is 12.5 Å². The zero-order chi connectivity index (χ0) is 20.9. The van der Waals surface area contributed by atoms with Crippen LogP contribution in [0.2, 0.25) is 0 Å². The number of hydrogen-bond donors (Lipinski definition) is 1. The minimum absolute atomic E-state index is 0.00821. The summed E-state index contributed by atoms with van der Waals surface area (Å²) in [7, 11) is 0. The second kappa shape index (κ2) is 9.17. The van der Waals surface area contributed by atoms with Crippen LogP contribution in [0.3, 0.4) is 0 Å². The van der Waals surface area contributed by atoms with Crippen LogP contribution in [0.5, 0.6) is 0 Å². The smallest absolute Gasteiger partial charge is 0.227 e. The third-order valence-corrected chi connectivity index (χ3v) is 6.09. The molecule has 1 aromatic heterocycles. The number of amides is 2. The highest BCUT2D eigenvalue weighted by atomic mass is 32.2. The van der Waals surface area contributed by atoms with Crippen molar-refractivity contribution in [2.75, 3.05) is 17.7 Å². The van der Waals surface area contributed by atoms with E-state index in [4.69, 9.17) is 0 Å². The van der Waals surface area contributed by atoms with E-state index >= 15 is 0 Å². The first-order valence-electron chi connectivity index (χ1n) is 9.90. The Labute approximate surface area is 180 Å². The molecule has 2 aromatic carbocycles. The van der Waals surface area contributed by atoms with Gasteiger partial charge in [-0.05, 0) is 47.7 Å². The molecule has 1 unspecified atom stereocenters. The minimum atomic E-state index is -0.337. The van der Waals surface area contributed by atoms with E-state index in [1.807, 2.05) is 71.7 Å². The van der Waals surface area contributed by atoms with E-state index in [1.165, 1.54) is 0 Å². The van der Waals surface area contributed by atoms with E-state index in [0.717, 1.165) is 21.7 Å². The number of rotatable bonds is 7. The largest absolute Gasteiger partial charge is 0.352 e. The zero-order valence-corrected chi connectivity index (χ0v) is 17.6. The van der Waals surface area contributed by atoms with Gasteiger partial charge < -0.3 is 10.2 Å². The van der Waals surface area contributed by atoms with Crippen molar-refractivity contribution < 1.29 is 9.59 Å². The summed E-state index contributed by atoms with van der Waals surface area (Å²) in [6.45, 7) is 1.50. The van der Waals surface area contributed by atoms with Gasteiger partial charge in [-0.3, -0.25) is 14.3 Å². The average Bonchev–Trinajstić information content (AvgIpc) is 3.42. The SMILES string of the molecule is CSc1ccc(N2CC(C(=O)NCc3ccccc3Cn3cccn3)CC2=O)cc1. The number of hydrogen-bond acceptors (Lipinski definition) is 4. The Balaban J connectivity index is 1.37. The number of nitrogens with one attached hydrogen (secondary N) is 1. The number of aromatic nitrogens is 2. The summed E-state index contributed by atoms with van der Waals surface area (Å²) in [6, 6.07) is 17.8.